The van der Waals surface area contributed by atoms with Crippen LogP contribution < -0.4 is 14.4 Å². The SMILES string of the molecule is CCCNC(=O)N(S)c1cnc2ccc(-c3ccc(O)c(OC)c3)nc2n1. The lowest BCUT2D eigenvalue weighted by Crippen LogP contribution is -2.34. The first-order chi connectivity index (χ1) is 13.0. The van der Waals surface area contributed by atoms with Crippen LogP contribution in [0, 0.1) is 0 Å². The molecule has 2 amide bonds. The minimum absolute atomic E-state index is 0.0490. The zero-order valence-electron chi connectivity index (χ0n) is 14.9. The standard InChI is InChI=1S/C18H19N5O3S/c1-3-8-19-18(25)23(27)16-10-20-13-6-5-12(21-17(13)22-16)11-4-7-14(24)15(9-11)26-2/h4-7,9-10,24,27H,3,8H2,1-2H3,(H,19,25). The van der Waals surface area contributed by atoms with Crippen LogP contribution in [-0.2, 0) is 0 Å². The van der Waals surface area contributed by atoms with Gasteiger partial charge in [0.25, 0.3) is 0 Å². The van der Waals surface area contributed by atoms with Crippen molar-refractivity contribution in [2.75, 3.05) is 18.0 Å². The van der Waals surface area contributed by atoms with Crippen molar-refractivity contribution in [2.24, 2.45) is 0 Å². The number of fused-ring (bicyclic) bond motifs is 1. The Balaban J connectivity index is 1.95. The summed E-state index contributed by atoms with van der Waals surface area (Å²) in [5.74, 6) is 0.670. The minimum atomic E-state index is -0.381. The number of thiol groups is 1. The molecule has 0 unspecified atom stereocenters. The maximum atomic E-state index is 12.0. The van der Waals surface area contributed by atoms with Gasteiger partial charge in [-0.15, -0.1) is 0 Å². The number of pyridine rings is 1. The zero-order chi connectivity index (χ0) is 19.4. The molecular formula is C18H19N5O3S. The first kappa shape index (κ1) is 18.7. The Hall–Kier alpha value is -3.07. The number of rotatable bonds is 5. The Morgan fingerprint density at radius 1 is 1.30 bits per heavy atom. The summed E-state index contributed by atoms with van der Waals surface area (Å²) in [5.41, 5.74) is 2.35. The van der Waals surface area contributed by atoms with Gasteiger partial charge >= 0.3 is 6.03 Å². The van der Waals surface area contributed by atoms with E-state index in [-0.39, 0.29) is 17.6 Å². The molecule has 0 radical (unpaired) electrons. The number of aromatic nitrogens is 3. The molecule has 0 bridgehead atoms. The van der Waals surface area contributed by atoms with Gasteiger partial charge in [0.2, 0.25) is 0 Å². The van der Waals surface area contributed by atoms with Gasteiger partial charge in [0.1, 0.15) is 5.52 Å². The summed E-state index contributed by atoms with van der Waals surface area (Å²) < 4.78 is 6.23. The maximum absolute atomic E-state index is 12.0. The van der Waals surface area contributed by atoms with Crippen molar-refractivity contribution >= 4 is 35.8 Å². The van der Waals surface area contributed by atoms with Crippen LogP contribution >= 0.6 is 12.8 Å². The van der Waals surface area contributed by atoms with Crippen LogP contribution in [0.4, 0.5) is 10.6 Å². The van der Waals surface area contributed by atoms with E-state index in [1.165, 1.54) is 19.4 Å². The van der Waals surface area contributed by atoms with Gasteiger partial charge < -0.3 is 15.2 Å². The molecule has 1 aromatic carbocycles. The molecule has 2 heterocycles. The molecule has 0 aliphatic heterocycles. The third-order valence-corrected chi connectivity index (χ3v) is 4.19. The Bertz CT molecular complexity index is 982. The lowest BCUT2D eigenvalue weighted by Gasteiger charge is -2.15. The molecule has 0 spiro atoms. The van der Waals surface area contributed by atoms with Crippen molar-refractivity contribution < 1.29 is 14.6 Å². The van der Waals surface area contributed by atoms with Crippen molar-refractivity contribution in [1.82, 2.24) is 20.3 Å². The molecule has 3 aromatic rings. The van der Waals surface area contributed by atoms with E-state index in [0.29, 0.717) is 29.2 Å². The van der Waals surface area contributed by atoms with Crippen molar-refractivity contribution in [3.8, 4) is 22.8 Å². The summed E-state index contributed by atoms with van der Waals surface area (Å²) in [6, 6.07) is 8.16. The number of hydrogen-bond donors (Lipinski definition) is 3. The molecule has 9 heteroatoms. The number of nitrogens with one attached hydrogen (secondary N) is 1. The molecular weight excluding hydrogens is 366 g/mol. The molecule has 0 atom stereocenters. The number of aromatic hydroxyl groups is 1. The molecule has 27 heavy (non-hydrogen) atoms. The van der Waals surface area contributed by atoms with E-state index in [9.17, 15) is 9.90 Å². The number of benzene rings is 1. The Kier molecular flexibility index (Phi) is 5.60. The maximum Gasteiger partial charge on any atom is 0.333 e. The second kappa shape index (κ2) is 8.09. The van der Waals surface area contributed by atoms with E-state index >= 15 is 0 Å². The van der Waals surface area contributed by atoms with Gasteiger partial charge in [0.15, 0.2) is 23.0 Å². The fraction of sp³-hybridized carbons (Fsp3) is 0.222. The van der Waals surface area contributed by atoms with E-state index in [1.54, 1.807) is 24.3 Å². The zero-order valence-corrected chi connectivity index (χ0v) is 15.8. The van der Waals surface area contributed by atoms with E-state index in [0.717, 1.165) is 16.3 Å². The summed E-state index contributed by atoms with van der Waals surface area (Å²) in [5, 5.41) is 12.5. The number of phenols is 1. The average Bonchev–Trinajstić information content (AvgIpc) is 2.70. The molecule has 0 saturated carbocycles. The van der Waals surface area contributed by atoms with E-state index in [4.69, 9.17) is 4.74 Å². The molecule has 0 aliphatic rings. The molecule has 8 nitrogen and oxygen atoms in total. The first-order valence-electron chi connectivity index (χ1n) is 8.31. The predicted molar refractivity (Wildman–Crippen MR) is 106 cm³/mol. The highest BCUT2D eigenvalue weighted by atomic mass is 32.1. The number of nitrogens with zero attached hydrogens (tertiary/aromatic N) is 4. The third kappa shape index (κ3) is 4.03. The van der Waals surface area contributed by atoms with Crippen LogP contribution in [0.3, 0.4) is 0 Å². The smallest absolute Gasteiger partial charge is 0.333 e. The molecule has 0 aliphatic carbocycles. The van der Waals surface area contributed by atoms with Crippen LogP contribution in [0.2, 0.25) is 0 Å². The van der Waals surface area contributed by atoms with Crippen LogP contribution in [0.25, 0.3) is 22.4 Å². The van der Waals surface area contributed by atoms with E-state index in [2.05, 4.69) is 33.1 Å². The van der Waals surface area contributed by atoms with Crippen LogP contribution in [-0.4, -0.2) is 39.7 Å². The summed E-state index contributed by atoms with van der Waals surface area (Å²) in [4.78, 5) is 25.2. The van der Waals surface area contributed by atoms with Crippen molar-refractivity contribution in [1.29, 1.82) is 0 Å². The Labute approximate surface area is 161 Å². The molecule has 0 fully saturated rings. The number of carbonyl (C=O) groups excluding carboxylic acids is 1. The first-order valence-corrected chi connectivity index (χ1v) is 8.71. The normalized spacial score (nSPS) is 10.6. The topological polar surface area (TPSA) is 100 Å². The van der Waals surface area contributed by atoms with Gasteiger partial charge in [-0.2, -0.15) is 0 Å². The predicted octanol–water partition coefficient (Wildman–Crippen LogP) is 3.18. The van der Waals surface area contributed by atoms with Crippen LogP contribution in [0.1, 0.15) is 13.3 Å². The highest BCUT2D eigenvalue weighted by molar-refractivity contribution is 7.82. The van der Waals surface area contributed by atoms with Gasteiger partial charge in [-0.05, 0) is 36.8 Å². The van der Waals surface area contributed by atoms with Crippen LogP contribution in [0.5, 0.6) is 11.5 Å². The van der Waals surface area contributed by atoms with Gasteiger partial charge in [-0.25, -0.2) is 24.1 Å². The lowest BCUT2D eigenvalue weighted by atomic mass is 10.1. The number of urea groups is 1. The summed E-state index contributed by atoms with van der Waals surface area (Å²) in [6.07, 6.45) is 2.28. The fourth-order valence-electron chi connectivity index (χ4n) is 2.40. The molecule has 2 aromatic heterocycles. The monoisotopic (exact) mass is 385 g/mol. The second-order valence-corrected chi connectivity index (χ2v) is 6.10. The molecule has 140 valence electrons. The fourth-order valence-corrected chi connectivity index (χ4v) is 2.57. The number of carbonyl (C=O) groups is 1. The quantitative estimate of drug-likeness (QED) is 0.583. The van der Waals surface area contributed by atoms with Gasteiger partial charge in [0, 0.05) is 12.1 Å². The average molecular weight is 385 g/mol. The largest absolute Gasteiger partial charge is 0.504 e. The number of ether oxygens (including phenoxy) is 1. The van der Waals surface area contributed by atoms with Gasteiger partial charge in [-0.1, -0.05) is 19.7 Å². The Morgan fingerprint density at radius 3 is 2.85 bits per heavy atom. The lowest BCUT2D eigenvalue weighted by molar-refractivity contribution is 0.250. The molecule has 3 rings (SSSR count). The Morgan fingerprint density at radius 2 is 2.11 bits per heavy atom. The number of hydrogen-bond acceptors (Lipinski definition) is 7. The van der Waals surface area contributed by atoms with Crippen molar-refractivity contribution in [3.63, 3.8) is 0 Å². The van der Waals surface area contributed by atoms with Crippen molar-refractivity contribution in [2.45, 2.75) is 13.3 Å². The number of amides is 2. The highest BCUT2D eigenvalue weighted by Gasteiger charge is 2.15. The number of anilines is 1. The van der Waals surface area contributed by atoms with Gasteiger partial charge in [0.05, 0.1) is 19.0 Å². The highest BCUT2D eigenvalue weighted by Crippen LogP contribution is 2.31. The van der Waals surface area contributed by atoms with E-state index in [1.807, 2.05) is 6.92 Å². The number of phenolic OH excluding ortho intramolecular Hbond substituents is 1. The minimum Gasteiger partial charge on any atom is -0.504 e. The number of methoxy groups -OCH3 is 1. The third-order valence-electron chi connectivity index (χ3n) is 3.81. The summed E-state index contributed by atoms with van der Waals surface area (Å²) in [6.45, 7) is 2.50. The van der Waals surface area contributed by atoms with Crippen molar-refractivity contribution in [3.05, 3.63) is 36.5 Å². The molecule has 2 N–H and O–H groups in total. The van der Waals surface area contributed by atoms with Crippen LogP contribution in [0.15, 0.2) is 36.5 Å². The van der Waals surface area contributed by atoms with E-state index < -0.39 is 0 Å². The summed E-state index contributed by atoms with van der Waals surface area (Å²) >= 11 is 4.19. The second-order valence-electron chi connectivity index (χ2n) is 5.70. The summed E-state index contributed by atoms with van der Waals surface area (Å²) in [7, 11) is 1.48. The molecule has 0 saturated heterocycles. The van der Waals surface area contributed by atoms with Gasteiger partial charge in [-0.3, -0.25) is 0 Å².